The van der Waals surface area contributed by atoms with Crippen LogP contribution in [-0.2, 0) is 25.6 Å². The molecule has 4 rings (SSSR count). The molecule has 3 amide bonds. The van der Waals surface area contributed by atoms with Crippen LogP contribution in [0.15, 0.2) is 30.5 Å². The summed E-state index contributed by atoms with van der Waals surface area (Å²) in [6, 6.07) is 5.70. The number of unbranched alkanes of at least 4 members (excludes halogenated alkanes) is 2. The van der Waals surface area contributed by atoms with Gasteiger partial charge in [-0.25, -0.2) is 0 Å². The lowest BCUT2D eigenvalue weighted by atomic mass is 9.94. The number of carbonyl (C=O) groups excluding carboxylic acids is 4. The van der Waals surface area contributed by atoms with Gasteiger partial charge in [0, 0.05) is 43.4 Å². The highest BCUT2D eigenvalue weighted by Gasteiger charge is 2.37. The molecule has 1 aromatic carbocycles. The lowest BCUT2D eigenvalue weighted by molar-refractivity contribution is -0.136. The van der Waals surface area contributed by atoms with E-state index in [0.717, 1.165) is 68.0 Å². The molecular formula is C34H51N5O5. The number of benzene rings is 1. The smallest absolute Gasteiger partial charge is 0.243 e. The van der Waals surface area contributed by atoms with Gasteiger partial charge in [0.05, 0.1) is 11.6 Å². The Labute approximate surface area is 261 Å². The van der Waals surface area contributed by atoms with Crippen LogP contribution in [-0.4, -0.2) is 77.5 Å². The molecule has 3 N–H and O–H groups in total. The maximum atomic E-state index is 14.1. The number of rotatable bonds is 12. The maximum absolute atomic E-state index is 14.1. The first-order valence-electron chi connectivity index (χ1n) is 16.6. The van der Waals surface area contributed by atoms with Crippen molar-refractivity contribution in [1.29, 1.82) is 0 Å². The van der Waals surface area contributed by atoms with Crippen molar-refractivity contribution >= 4 is 34.4 Å². The van der Waals surface area contributed by atoms with Crippen LogP contribution < -0.4 is 20.8 Å². The predicted octanol–water partition coefficient (Wildman–Crippen LogP) is 3.54. The van der Waals surface area contributed by atoms with Crippen molar-refractivity contribution in [3.8, 4) is 0 Å². The summed E-state index contributed by atoms with van der Waals surface area (Å²) in [5.41, 5.74) is 1.76. The van der Waals surface area contributed by atoms with Crippen LogP contribution >= 0.6 is 0 Å². The average molecular weight is 610 g/mol. The molecule has 2 fully saturated rings. The van der Waals surface area contributed by atoms with Gasteiger partial charge in [-0.05, 0) is 49.8 Å². The second-order valence-electron chi connectivity index (χ2n) is 12.5. The molecule has 1 aromatic heterocycles. The van der Waals surface area contributed by atoms with Crippen molar-refractivity contribution in [3.05, 3.63) is 36.0 Å². The number of ketones is 1. The summed E-state index contributed by atoms with van der Waals surface area (Å²) < 4.78 is 1.67. The Hall–Kier alpha value is -3.40. The molecule has 2 aliphatic heterocycles. The number of nitrogens with one attached hydrogen (secondary N) is 3. The second-order valence-corrected chi connectivity index (χ2v) is 12.5. The average Bonchev–Trinajstić information content (AvgIpc) is 3.39. The van der Waals surface area contributed by atoms with Crippen molar-refractivity contribution < 1.29 is 24.0 Å². The number of amides is 3. The number of Topliss-reactive ketones (excluding diaryl/α,β-unsaturated/α-hetero) is 1. The number of para-hydroxylation sites is 1. The molecule has 0 saturated carbocycles. The van der Waals surface area contributed by atoms with E-state index in [-0.39, 0.29) is 47.9 Å². The number of nitrogens with zero attached hydrogens (tertiary/aromatic N) is 2. The zero-order chi connectivity index (χ0) is 31.6. The van der Waals surface area contributed by atoms with Crippen LogP contribution in [0.2, 0.25) is 0 Å². The Morgan fingerprint density at radius 3 is 2.55 bits per heavy atom. The largest absolute Gasteiger partial charge is 0.417 e. The molecule has 0 aliphatic carbocycles. The van der Waals surface area contributed by atoms with Crippen LogP contribution in [0.4, 0.5) is 0 Å². The standard InChI is InChI=1S/C34H51N5O5/c1-5-23(3)31-34(43)36-28(20-24-21-39(44-4)29-17-11-10-16-27(24)29)32(41)35-25(14-8-7-9-15-26(40)6-2)22-38-19-13-12-18-30(38)33(42)37-31/h10-11,16-17,21,23,25,28,30-31H,5-9,12-15,18-20,22H2,1-4H3,(H,35,41)(H,36,43)(H,37,42)/t23-,25-,28?,30?,31-/m0/s1. The van der Waals surface area contributed by atoms with Crippen LogP contribution in [0.1, 0.15) is 90.5 Å². The third-order valence-corrected chi connectivity index (χ3v) is 9.43. The summed E-state index contributed by atoms with van der Waals surface area (Å²) in [6.07, 6.45) is 9.99. The van der Waals surface area contributed by atoms with Gasteiger partial charge in [-0.15, -0.1) is 0 Å². The Morgan fingerprint density at radius 1 is 1.00 bits per heavy atom. The third-order valence-electron chi connectivity index (χ3n) is 9.43. The van der Waals surface area contributed by atoms with E-state index < -0.39 is 12.1 Å². The summed E-state index contributed by atoms with van der Waals surface area (Å²) >= 11 is 0. The zero-order valence-corrected chi connectivity index (χ0v) is 26.9. The van der Waals surface area contributed by atoms with Crippen molar-refractivity contribution in [2.24, 2.45) is 5.92 Å². The molecule has 2 aliphatic rings. The van der Waals surface area contributed by atoms with Crippen LogP contribution in [0.25, 0.3) is 10.9 Å². The lowest BCUT2D eigenvalue weighted by Crippen LogP contribution is -2.62. The zero-order valence-electron chi connectivity index (χ0n) is 26.9. The fourth-order valence-electron chi connectivity index (χ4n) is 6.54. The van der Waals surface area contributed by atoms with Gasteiger partial charge in [0.25, 0.3) is 0 Å². The van der Waals surface area contributed by atoms with Gasteiger partial charge >= 0.3 is 0 Å². The van der Waals surface area contributed by atoms with Gasteiger partial charge in [0.15, 0.2) is 0 Å². The number of fused-ring (bicyclic) bond motifs is 2. The fraction of sp³-hybridized carbons (Fsp3) is 0.647. The highest BCUT2D eigenvalue weighted by atomic mass is 16.6. The Bertz CT molecular complexity index is 1290. The molecule has 3 heterocycles. The predicted molar refractivity (Wildman–Crippen MR) is 171 cm³/mol. The monoisotopic (exact) mass is 609 g/mol. The van der Waals surface area contributed by atoms with Gasteiger partial charge in [-0.1, -0.05) is 64.7 Å². The van der Waals surface area contributed by atoms with E-state index in [9.17, 15) is 19.2 Å². The summed E-state index contributed by atoms with van der Waals surface area (Å²) in [5, 5.41) is 10.3. The summed E-state index contributed by atoms with van der Waals surface area (Å²) in [5.74, 6) is -0.528. The number of carbonyl (C=O) groups is 4. The fourth-order valence-corrected chi connectivity index (χ4v) is 6.54. The molecule has 2 aromatic rings. The Morgan fingerprint density at radius 2 is 1.80 bits per heavy atom. The number of hydrogen-bond acceptors (Lipinski definition) is 6. The van der Waals surface area contributed by atoms with Gasteiger partial charge in [0.2, 0.25) is 17.7 Å². The lowest BCUT2D eigenvalue weighted by Gasteiger charge is -2.39. The minimum absolute atomic E-state index is 0.106. The molecule has 5 atom stereocenters. The summed E-state index contributed by atoms with van der Waals surface area (Å²) in [4.78, 5) is 61.1. The van der Waals surface area contributed by atoms with Crippen LogP contribution in [0.5, 0.6) is 0 Å². The Balaban J connectivity index is 1.62. The van der Waals surface area contributed by atoms with E-state index in [0.29, 0.717) is 25.8 Å². The SMILES string of the molecule is CCC(=O)CCCCC[C@H]1CN2CCCCC2C(=O)N[C@@H]([C@@H](C)CC)C(=O)NC(Cc2cn(OC)c3ccccc23)C(=O)N1. The first-order chi connectivity index (χ1) is 21.2. The van der Waals surface area contributed by atoms with Crippen LogP contribution in [0, 0.1) is 5.92 Å². The van der Waals surface area contributed by atoms with E-state index in [1.165, 1.54) is 0 Å². The van der Waals surface area contributed by atoms with Crippen LogP contribution in [0.3, 0.4) is 0 Å². The van der Waals surface area contributed by atoms with E-state index in [2.05, 4.69) is 20.9 Å². The first-order valence-corrected chi connectivity index (χ1v) is 16.6. The summed E-state index contributed by atoms with van der Waals surface area (Å²) in [6.45, 7) is 7.19. The molecule has 0 bridgehead atoms. The molecule has 44 heavy (non-hydrogen) atoms. The van der Waals surface area contributed by atoms with Crippen molar-refractivity contribution in [3.63, 3.8) is 0 Å². The van der Waals surface area contributed by atoms with Gasteiger partial charge in [-0.3, -0.25) is 24.1 Å². The highest BCUT2D eigenvalue weighted by molar-refractivity contribution is 5.94. The Kier molecular flexibility index (Phi) is 12.2. The van der Waals surface area contributed by atoms with Crippen molar-refractivity contribution in [1.82, 2.24) is 25.6 Å². The van der Waals surface area contributed by atoms with E-state index in [4.69, 9.17) is 4.84 Å². The third kappa shape index (κ3) is 8.40. The normalized spacial score (nSPS) is 24.3. The molecule has 0 spiro atoms. The molecular weight excluding hydrogens is 558 g/mol. The first kappa shape index (κ1) is 33.5. The maximum Gasteiger partial charge on any atom is 0.243 e. The molecule has 10 nitrogen and oxygen atoms in total. The van der Waals surface area contributed by atoms with Crippen molar-refractivity contribution in [2.45, 2.75) is 116 Å². The van der Waals surface area contributed by atoms with Crippen molar-refractivity contribution in [2.75, 3.05) is 20.2 Å². The van der Waals surface area contributed by atoms with Gasteiger partial charge in [0.1, 0.15) is 25.0 Å². The van der Waals surface area contributed by atoms with E-state index in [1.54, 1.807) is 11.8 Å². The molecule has 242 valence electrons. The highest BCUT2D eigenvalue weighted by Crippen LogP contribution is 2.24. The second kappa shape index (κ2) is 16.1. The molecule has 2 unspecified atom stereocenters. The van der Waals surface area contributed by atoms with Gasteiger partial charge in [-0.2, -0.15) is 4.73 Å². The number of hydrogen-bond donors (Lipinski definition) is 3. The minimum Gasteiger partial charge on any atom is -0.417 e. The topological polar surface area (TPSA) is 122 Å². The molecule has 2 saturated heterocycles. The molecule has 10 heteroatoms. The quantitative estimate of drug-likeness (QED) is 0.317. The van der Waals surface area contributed by atoms with E-state index >= 15 is 0 Å². The number of piperidine rings is 1. The van der Waals surface area contributed by atoms with Gasteiger partial charge < -0.3 is 20.8 Å². The molecule has 0 radical (unpaired) electrons. The minimum atomic E-state index is -0.844. The summed E-state index contributed by atoms with van der Waals surface area (Å²) in [7, 11) is 1.59. The number of aromatic nitrogens is 1. The van der Waals surface area contributed by atoms with E-state index in [1.807, 2.05) is 51.2 Å².